The first-order chi connectivity index (χ1) is 6.59. The molecule has 0 heterocycles. The van der Waals surface area contributed by atoms with Crippen LogP contribution < -0.4 is 61.1 Å². The summed E-state index contributed by atoms with van der Waals surface area (Å²) in [5.74, 6) is 8.75. The number of anilines is 1. The molecule has 0 atom stereocenters. The Kier molecular flexibility index (Phi) is 7.86. The molecule has 1 rings (SSSR count). The smallest absolute Gasteiger partial charge is 0.584 e. The average molecular weight is 232 g/mol. The van der Waals surface area contributed by atoms with E-state index in [0.717, 1.165) is 18.0 Å². The zero-order valence-corrected chi connectivity index (χ0v) is 13.1. The fourth-order valence-corrected chi connectivity index (χ4v) is 1.03. The molecular formula is C11H17KN2O. The van der Waals surface area contributed by atoms with E-state index in [2.05, 4.69) is 13.8 Å². The normalized spacial score (nSPS) is 9.67. The molecule has 1 aromatic rings. The van der Waals surface area contributed by atoms with Gasteiger partial charge in [0.1, 0.15) is 5.75 Å². The SMILES string of the molecule is CC(C)COc1ccc(N(C)[NH-])cc1.[K+]. The average Bonchev–Trinajstić information content (AvgIpc) is 2.15. The summed E-state index contributed by atoms with van der Waals surface area (Å²) in [6.45, 7) is 4.97. The molecule has 1 aromatic carbocycles. The second kappa shape index (κ2) is 7.65. The molecule has 0 unspecified atom stereocenters. The van der Waals surface area contributed by atoms with E-state index < -0.39 is 0 Å². The number of ether oxygens (including phenoxy) is 1. The summed E-state index contributed by atoms with van der Waals surface area (Å²) < 4.78 is 5.52. The minimum Gasteiger partial charge on any atom is -0.584 e. The van der Waals surface area contributed by atoms with Crippen LogP contribution in [-0.2, 0) is 0 Å². The van der Waals surface area contributed by atoms with Crippen molar-refractivity contribution < 1.29 is 56.1 Å². The molecule has 78 valence electrons. The van der Waals surface area contributed by atoms with Gasteiger partial charge < -0.3 is 15.6 Å². The van der Waals surface area contributed by atoms with Crippen molar-refractivity contribution in [3.05, 3.63) is 30.1 Å². The second-order valence-corrected chi connectivity index (χ2v) is 3.76. The summed E-state index contributed by atoms with van der Waals surface area (Å²) in [6.07, 6.45) is 0. The Morgan fingerprint density at radius 2 is 1.80 bits per heavy atom. The van der Waals surface area contributed by atoms with Crippen LogP contribution in [0.2, 0.25) is 0 Å². The quantitative estimate of drug-likeness (QED) is 0.546. The molecule has 0 aromatic heterocycles. The fourth-order valence-electron chi connectivity index (χ4n) is 1.03. The van der Waals surface area contributed by atoms with Gasteiger partial charge in [-0.2, -0.15) is 0 Å². The zero-order chi connectivity index (χ0) is 10.6. The predicted octanol–water partition coefficient (Wildman–Crippen LogP) is 0.129. The first-order valence-corrected chi connectivity index (χ1v) is 4.77. The van der Waals surface area contributed by atoms with Crippen molar-refractivity contribution in [3.8, 4) is 5.75 Å². The number of nitrogens with one attached hydrogen (secondary N) is 1. The van der Waals surface area contributed by atoms with Crippen molar-refractivity contribution in [3.63, 3.8) is 0 Å². The molecular weight excluding hydrogens is 215 g/mol. The molecule has 0 aliphatic carbocycles. The third kappa shape index (κ3) is 5.90. The van der Waals surface area contributed by atoms with E-state index in [1.807, 2.05) is 24.3 Å². The van der Waals surface area contributed by atoms with Gasteiger partial charge in [0.15, 0.2) is 0 Å². The van der Waals surface area contributed by atoms with Crippen molar-refractivity contribution in [2.75, 3.05) is 18.7 Å². The molecule has 15 heavy (non-hydrogen) atoms. The molecule has 0 saturated carbocycles. The van der Waals surface area contributed by atoms with Gasteiger partial charge in [-0.15, -0.1) is 0 Å². The minimum atomic E-state index is 0. The summed E-state index contributed by atoms with van der Waals surface area (Å²) >= 11 is 0. The number of nitrogens with zero attached hydrogens (tertiary/aromatic N) is 1. The van der Waals surface area contributed by atoms with Crippen molar-refractivity contribution in [1.29, 1.82) is 0 Å². The number of hydrogen-bond acceptors (Lipinski definition) is 2. The van der Waals surface area contributed by atoms with Gasteiger partial charge in [0, 0.05) is 5.69 Å². The first kappa shape index (κ1) is 15.4. The summed E-state index contributed by atoms with van der Waals surface area (Å²) in [7, 11) is 1.70. The number of hydrogen-bond donors (Lipinski definition) is 0. The molecule has 3 nitrogen and oxygen atoms in total. The molecule has 0 spiro atoms. The zero-order valence-electron chi connectivity index (χ0n) is 9.95. The molecule has 0 aliphatic heterocycles. The first-order valence-electron chi connectivity index (χ1n) is 4.77. The van der Waals surface area contributed by atoms with Gasteiger partial charge in [-0.25, -0.2) is 0 Å². The molecule has 0 aliphatic rings. The van der Waals surface area contributed by atoms with Crippen molar-refractivity contribution in [1.82, 2.24) is 0 Å². The van der Waals surface area contributed by atoms with Gasteiger partial charge in [0.25, 0.3) is 0 Å². The van der Waals surface area contributed by atoms with Crippen LogP contribution in [0.5, 0.6) is 5.75 Å². The van der Waals surface area contributed by atoms with Gasteiger partial charge in [0.05, 0.1) is 6.61 Å². The molecule has 0 amide bonds. The minimum absolute atomic E-state index is 0. The Hall–Kier alpha value is 0.416. The maximum Gasteiger partial charge on any atom is 1.00 e. The van der Waals surface area contributed by atoms with Crippen molar-refractivity contribution in [2.45, 2.75) is 13.8 Å². The molecule has 0 bridgehead atoms. The van der Waals surface area contributed by atoms with E-state index in [1.54, 1.807) is 7.05 Å². The molecule has 4 heteroatoms. The Bertz CT molecular complexity index is 272. The number of benzene rings is 1. The molecule has 0 radical (unpaired) electrons. The van der Waals surface area contributed by atoms with Crippen LogP contribution in [-0.4, -0.2) is 13.7 Å². The predicted molar refractivity (Wildman–Crippen MR) is 59.5 cm³/mol. The van der Waals surface area contributed by atoms with Crippen molar-refractivity contribution in [2.24, 2.45) is 5.92 Å². The summed E-state index contributed by atoms with van der Waals surface area (Å²) in [6, 6.07) is 7.54. The fraction of sp³-hybridized carbons (Fsp3) is 0.455. The number of rotatable bonds is 4. The van der Waals surface area contributed by atoms with Crippen LogP contribution in [0.3, 0.4) is 0 Å². The van der Waals surface area contributed by atoms with Crippen LogP contribution in [0.1, 0.15) is 13.8 Å². The standard InChI is InChI=1S/C11H17N2O.K/c1-9(2)8-14-11-6-4-10(5-7-11)13(3)12;/h4-7,9,12H,8H2,1-3H3;/q-1;+1. The van der Waals surface area contributed by atoms with Crippen LogP contribution >= 0.6 is 0 Å². The van der Waals surface area contributed by atoms with Gasteiger partial charge in [-0.05, 0) is 37.2 Å². The topological polar surface area (TPSA) is 36.3 Å². The van der Waals surface area contributed by atoms with E-state index in [4.69, 9.17) is 10.6 Å². The third-order valence-electron chi connectivity index (χ3n) is 1.81. The second-order valence-electron chi connectivity index (χ2n) is 3.76. The van der Waals surface area contributed by atoms with Crippen molar-refractivity contribution >= 4 is 5.69 Å². The van der Waals surface area contributed by atoms with Gasteiger partial charge in [-0.1, -0.05) is 13.8 Å². The Balaban J connectivity index is 0.00000196. The van der Waals surface area contributed by atoms with Crippen LogP contribution in [0.25, 0.3) is 5.84 Å². The van der Waals surface area contributed by atoms with Crippen LogP contribution in [0.15, 0.2) is 24.3 Å². The van der Waals surface area contributed by atoms with E-state index >= 15 is 0 Å². The summed E-state index contributed by atoms with van der Waals surface area (Å²) in [5, 5.41) is 1.33. The van der Waals surface area contributed by atoms with Crippen LogP contribution in [0, 0.1) is 5.92 Å². The summed E-state index contributed by atoms with van der Waals surface area (Å²) in [4.78, 5) is 0. The third-order valence-corrected chi connectivity index (χ3v) is 1.81. The Morgan fingerprint density at radius 1 is 1.27 bits per heavy atom. The largest absolute Gasteiger partial charge is 1.00 e. The van der Waals surface area contributed by atoms with E-state index in [9.17, 15) is 0 Å². The van der Waals surface area contributed by atoms with E-state index in [0.29, 0.717) is 5.92 Å². The summed E-state index contributed by atoms with van der Waals surface area (Å²) in [5.41, 5.74) is 0.863. The van der Waals surface area contributed by atoms with Gasteiger partial charge in [-0.3, -0.25) is 0 Å². The maximum atomic E-state index is 7.35. The van der Waals surface area contributed by atoms with Gasteiger partial charge in [0.2, 0.25) is 0 Å². The van der Waals surface area contributed by atoms with E-state index in [1.165, 1.54) is 5.01 Å². The Morgan fingerprint density at radius 3 is 2.20 bits per heavy atom. The molecule has 0 fully saturated rings. The Labute approximate surface area is 134 Å². The monoisotopic (exact) mass is 232 g/mol. The molecule has 0 saturated heterocycles. The van der Waals surface area contributed by atoms with E-state index in [-0.39, 0.29) is 51.4 Å². The van der Waals surface area contributed by atoms with Crippen LogP contribution in [0.4, 0.5) is 5.69 Å². The van der Waals surface area contributed by atoms with Gasteiger partial charge >= 0.3 is 51.4 Å². The molecule has 1 N–H and O–H groups in total. The maximum absolute atomic E-state index is 7.35.